The van der Waals surface area contributed by atoms with Crippen LogP contribution in [0.4, 0.5) is 5.69 Å². The van der Waals surface area contributed by atoms with Crippen molar-refractivity contribution in [3.8, 4) is 6.07 Å². The molecule has 0 aliphatic carbocycles. The zero-order valence-electron chi connectivity index (χ0n) is 10.6. The van der Waals surface area contributed by atoms with Gasteiger partial charge in [-0.1, -0.05) is 24.3 Å². The molecule has 1 atom stereocenters. The molecule has 1 aliphatic rings. The van der Waals surface area contributed by atoms with Gasteiger partial charge in [-0.15, -0.1) is 0 Å². The molecule has 5 nitrogen and oxygen atoms in total. The first-order valence-corrected chi connectivity index (χ1v) is 6.14. The standard InChI is InChI=1S/C15H12N4O/c16-9-10-5-7-11(8-6-10)14-18-13-4-2-1-3-12(13)15(20)19(14)17/h1-8,14,18H,17H2. The second-order valence-corrected chi connectivity index (χ2v) is 4.54. The van der Waals surface area contributed by atoms with E-state index in [2.05, 4.69) is 11.4 Å². The molecule has 2 aromatic carbocycles. The fraction of sp³-hybridized carbons (Fsp3) is 0.0667. The second kappa shape index (κ2) is 4.68. The summed E-state index contributed by atoms with van der Waals surface area (Å²) < 4.78 is 0. The maximum absolute atomic E-state index is 12.2. The number of fused-ring (bicyclic) bond motifs is 1. The first-order chi connectivity index (χ1) is 9.70. The third kappa shape index (κ3) is 1.88. The predicted octanol–water partition coefficient (Wildman–Crippen LogP) is 2.00. The number of hydrazine groups is 1. The summed E-state index contributed by atoms with van der Waals surface area (Å²) in [4.78, 5) is 12.2. The van der Waals surface area contributed by atoms with Gasteiger partial charge in [0.25, 0.3) is 5.91 Å². The Kier molecular flexibility index (Phi) is 2.86. The molecule has 0 saturated carbocycles. The summed E-state index contributed by atoms with van der Waals surface area (Å²) in [6.07, 6.45) is -0.440. The molecule has 1 unspecified atom stereocenters. The van der Waals surface area contributed by atoms with Crippen LogP contribution in [0.2, 0.25) is 0 Å². The number of carbonyl (C=O) groups excluding carboxylic acids is 1. The Morgan fingerprint density at radius 1 is 1.15 bits per heavy atom. The molecule has 1 heterocycles. The lowest BCUT2D eigenvalue weighted by molar-refractivity contribution is 0.0683. The monoisotopic (exact) mass is 264 g/mol. The average Bonchev–Trinajstić information content (AvgIpc) is 2.51. The summed E-state index contributed by atoms with van der Waals surface area (Å²) >= 11 is 0. The van der Waals surface area contributed by atoms with Crippen molar-refractivity contribution < 1.29 is 4.79 Å². The van der Waals surface area contributed by atoms with Gasteiger partial charge in [0.1, 0.15) is 6.17 Å². The van der Waals surface area contributed by atoms with Crippen molar-refractivity contribution in [3.05, 3.63) is 65.2 Å². The highest BCUT2D eigenvalue weighted by molar-refractivity contribution is 6.01. The molecule has 3 rings (SSSR count). The van der Waals surface area contributed by atoms with Gasteiger partial charge in [-0.3, -0.25) is 4.79 Å². The number of rotatable bonds is 1. The first-order valence-electron chi connectivity index (χ1n) is 6.14. The quantitative estimate of drug-likeness (QED) is 0.609. The highest BCUT2D eigenvalue weighted by Gasteiger charge is 2.30. The van der Waals surface area contributed by atoms with E-state index in [1.807, 2.05) is 12.1 Å². The van der Waals surface area contributed by atoms with Crippen molar-refractivity contribution in [2.24, 2.45) is 5.84 Å². The van der Waals surface area contributed by atoms with Crippen molar-refractivity contribution in [3.63, 3.8) is 0 Å². The van der Waals surface area contributed by atoms with Crippen LogP contribution in [-0.4, -0.2) is 10.9 Å². The van der Waals surface area contributed by atoms with Gasteiger partial charge >= 0.3 is 0 Å². The van der Waals surface area contributed by atoms with Gasteiger partial charge in [0, 0.05) is 5.69 Å². The Labute approximate surface area is 116 Å². The molecule has 0 bridgehead atoms. The molecule has 1 amide bonds. The zero-order valence-corrected chi connectivity index (χ0v) is 10.6. The Morgan fingerprint density at radius 2 is 1.85 bits per heavy atom. The van der Waals surface area contributed by atoms with Crippen LogP contribution in [0, 0.1) is 11.3 Å². The summed E-state index contributed by atoms with van der Waals surface area (Å²) in [5, 5.41) is 13.2. The number of nitriles is 1. The number of para-hydroxylation sites is 1. The van der Waals surface area contributed by atoms with Gasteiger partial charge in [-0.05, 0) is 29.8 Å². The minimum atomic E-state index is -0.440. The van der Waals surface area contributed by atoms with E-state index in [4.69, 9.17) is 11.1 Å². The number of hydrogen-bond donors (Lipinski definition) is 2. The molecular formula is C15H12N4O. The fourth-order valence-electron chi connectivity index (χ4n) is 2.25. The molecule has 2 aromatic rings. The van der Waals surface area contributed by atoms with Crippen LogP contribution in [0.15, 0.2) is 48.5 Å². The number of carbonyl (C=O) groups is 1. The summed E-state index contributed by atoms with van der Waals surface area (Å²) in [6, 6.07) is 16.3. The highest BCUT2D eigenvalue weighted by atomic mass is 16.2. The fourth-order valence-corrected chi connectivity index (χ4v) is 2.25. The van der Waals surface area contributed by atoms with Crippen LogP contribution in [0.5, 0.6) is 0 Å². The lowest BCUT2D eigenvalue weighted by Crippen LogP contribution is -2.47. The van der Waals surface area contributed by atoms with Gasteiger partial charge in [-0.2, -0.15) is 5.26 Å². The van der Waals surface area contributed by atoms with Gasteiger partial charge in [0.05, 0.1) is 17.2 Å². The van der Waals surface area contributed by atoms with Crippen LogP contribution in [0.3, 0.4) is 0 Å². The summed E-state index contributed by atoms with van der Waals surface area (Å²) in [7, 11) is 0. The Morgan fingerprint density at radius 3 is 2.55 bits per heavy atom. The van der Waals surface area contributed by atoms with Crippen molar-refractivity contribution >= 4 is 11.6 Å². The number of anilines is 1. The predicted molar refractivity (Wildman–Crippen MR) is 74.3 cm³/mol. The van der Waals surface area contributed by atoms with E-state index in [1.54, 1.807) is 36.4 Å². The van der Waals surface area contributed by atoms with Crippen LogP contribution >= 0.6 is 0 Å². The Balaban J connectivity index is 1.99. The largest absolute Gasteiger partial charge is 0.360 e. The highest BCUT2D eigenvalue weighted by Crippen LogP contribution is 2.30. The Bertz CT molecular complexity index is 703. The smallest absolute Gasteiger partial charge is 0.272 e. The van der Waals surface area contributed by atoms with Crippen LogP contribution in [0.25, 0.3) is 0 Å². The minimum Gasteiger partial charge on any atom is -0.360 e. The molecule has 0 saturated heterocycles. The number of amides is 1. The van der Waals surface area contributed by atoms with E-state index in [9.17, 15) is 4.79 Å². The third-order valence-corrected chi connectivity index (χ3v) is 3.32. The van der Waals surface area contributed by atoms with E-state index in [-0.39, 0.29) is 5.91 Å². The van der Waals surface area contributed by atoms with E-state index >= 15 is 0 Å². The topological polar surface area (TPSA) is 82.2 Å². The first kappa shape index (κ1) is 12.2. The molecule has 1 aliphatic heterocycles. The summed E-state index contributed by atoms with van der Waals surface area (Å²) in [5.74, 6) is 5.67. The van der Waals surface area contributed by atoms with Crippen molar-refractivity contribution in [1.29, 1.82) is 5.26 Å². The maximum atomic E-state index is 12.2. The number of hydrogen-bond acceptors (Lipinski definition) is 4. The Hall–Kier alpha value is -2.84. The lowest BCUT2D eigenvalue weighted by atomic mass is 10.0. The van der Waals surface area contributed by atoms with Crippen molar-refractivity contribution in [1.82, 2.24) is 5.01 Å². The molecule has 0 spiro atoms. The second-order valence-electron chi connectivity index (χ2n) is 4.54. The van der Waals surface area contributed by atoms with Gasteiger partial charge < -0.3 is 5.32 Å². The van der Waals surface area contributed by atoms with Crippen LogP contribution in [0.1, 0.15) is 27.7 Å². The van der Waals surface area contributed by atoms with E-state index < -0.39 is 6.17 Å². The van der Waals surface area contributed by atoms with Crippen molar-refractivity contribution in [2.75, 3.05) is 5.32 Å². The number of benzene rings is 2. The minimum absolute atomic E-state index is 0.228. The van der Waals surface area contributed by atoms with Crippen molar-refractivity contribution in [2.45, 2.75) is 6.17 Å². The maximum Gasteiger partial charge on any atom is 0.272 e. The molecular weight excluding hydrogens is 252 g/mol. The molecule has 0 fully saturated rings. The zero-order chi connectivity index (χ0) is 14.1. The van der Waals surface area contributed by atoms with Gasteiger partial charge in [-0.25, -0.2) is 10.9 Å². The lowest BCUT2D eigenvalue weighted by Gasteiger charge is -2.34. The molecule has 98 valence electrons. The molecule has 20 heavy (non-hydrogen) atoms. The van der Waals surface area contributed by atoms with E-state index in [0.717, 1.165) is 11.3 Å². The molecule has 0 radical (unpaired) electrons. The van der Waals surface area contributed by atoms with E-state index in [1.165, 1.54) is 5.01 Å². The SMILES string of the molecule is N#Cc1ccc(C2Nc3ccccc3C(=O)N2N)cc1. The number of nitrogens with one attached hydrogen (secondary N) is 1. The van der Waals surface area contributed by atoms with Crippen LogP contribution in [-0.2, 0) is 0 Å². The van der Waals surface area contributed by atoms with E-state index in [0.29, 0.717) is 11.1 Å². The normalized spacial score (nSPS) is 17.1. The molecule has 5 heteroatoms. The van der Waals surface area contributed by atoms with Gasteiger partial charge in [0.15, 0.2) is 0 Å². The average molecular weight is 264 g/mol. The molecule has 0 aromatic heterocycles. The summed E-state index contributed by atoms with van der Waals surface area (Å²) in [5.41, 5.74) is 2.71. The van der Waals surface area contributed by atoms with Crippen LogP contribution < -0.4 is 11.2 Å². The van der Waals surface area contributed by atoms with Gasteiger partial charge in [0.2, 0.25) is 0 Å². The number of nitrogens with two attached hydrogens (primary N) is 1. The third-order valence-electron chi connectivity index (χ3n) is 3.32. The summed E-state index contributed by atoms with van der Waals surface area (Å²) in [6.45, 7) is 0. The molecule has 3 N–H and O–H groups in total. The number of nitrogens with zero attached hydrogens (tertiary/aromatic N) is 2.